The normalized spacial score (nSPS) is 22.2. The summed E-state index contributed by atoms with van der Waals surface area (Å²) in [7, 11) is 0. The number of rotatable bonds is 3. The zero-order chi connectivity index (χ0) is 11.5. The fourth-order valence-electron chi connectivity index (χ4n) is 2.22. The highest BCUT2D eigenvalue weighted by Gasteiger charge is 2.24. The minimum absolute atomic E-state index is 0.0295. The van der Waals surface area contributed by atoms with Gasteiger partial charge < -0.3 is 9.42 Å². The molecule has 1 fully saturated rings. The molecule has 0 spiro atoms. The minimum Gasteiger partial charge on any atom is -0.360 e. The lowest BCUT2D eigenvalue weighted by Crippen LogP contribution is -2.33. The van der Waals surface area contributed by atoms with Crippen molar-refractivity contribution in [2.75, 3.05) is 19.6 Å². The summed E-state index contributed by atoms with van der Waals surface area (Å²) in [5.41, 5.74) is 0.448. The van der Waals surface area contributed by atoms with E-state index in [2.05, 4.69) is 17.0 Å². The molecule has 1 aliphatic heterocycles. The Bertz CT molecular complexity index is 373. The first-order chi connectivity index (χ1) is 7.70. The molecule has 0 radical (unpaired) electrons. The van der Waals surface area contributed by atoms with E-state index in [9.17, 15) is 4.79 Å². The predicted molar refractivity (Wildman–Crippen MR) is 60.6 cm³/mol. The van der Waals surface area contributed by atoms with Gasteiger partial charge in [-0.2, -0.15) is 0 Å². The number of ketones is 1. The van der Waals surface area contributed by atoms with E-state index in [1.54, 1.807) is 6.07 Å². The Balaban J connectivity index is 2.08. The molecule has 0 N–H and O–H groups in total. The second-order valence-electron chi connectivity index (χ2n) is 4.40. The number of hydrogen-bond donors (Lipinski definition) is 0. The molecule has 1 aromatic rings. The maximum absolute atomic E-state index is 11.1. The highest BCUT2D eigenvalue weighted by atomic mass is 16.5. The van der Waals surface area contributed by atoms with Gasteiger partial charge in [0.2, 0.25) is 0 Å². The van der Waals surface area contributed by atoms with Gasteiger partial charge in [0, 0.05) is 25.5 Å². The summed E-state index contributed by atoms with van der Waals surface area (Å²) >= 11 is 0. The number of likely N-dealkylation sites (N-methyl/N-ethyl adjacent to an activating group) is 1. The van der Waals surface area contributed by atoms with E-state index in [0.29, 0.717) is 11.6 Å². The molecule has 1 unspecified atom stereocenters. The van der Waals surface area contributed by atoms with Gasteiger partial charge in [0.1, 0.15) is 11.5 Å². The van der Waals surface area contributed by atoms with E-state index in [1.807, 2.05) is 0 Å². The first-order valence-electron chi connectivity index (χ1n) is 5.90. The van der Waals surface area contributed by atoms with E-state index >= 15 is 0 Å². The van der Waals surface area contributed by atoms with Crippen LogP contribution in [0.25, 0.3) is 0 Å². The number of aromatic nitrogens is 1. The van der Waals surface area contributed by atoms with Crippen LogP contribution in [0.2, 0.25) is 0 Å². The minimum atomic E-state index is -0.0295. The average Bonchev–Trinajstić information content (AvgIpc) is 2.78. The average molecular weight is 222 g/mol. The summed E-state index contributed by atoms with van der Waals surface area (Å²) in [5.74, 6) is 1.23. The molecule has 0 amide bonds. The van der Waals surface area contributed by atoms with Crippen LogP contribution in [0.1, 0.15) is 48.9 Å². The van der Waals surface area contributed by atoms with E-state index in [1.165, 1.54) is 19.9 Å². The van der Waals surface area contributed by atoms with E-state index < -0.39 is 0 Å². The maximum atomic E-state index is 11.1. The molecule has 0 aromatic carbocycles. The van der Waals surface area contributed by atoms with Gasteiger partial charge in [-0.05, 0) is 25.9 Å². The Morgan fingerprint density at radius 1 is 1.69 bits per heavy atom. The van der Waals surface area contributed by atoms with Crippen LogP contribution in [0.5, 0.6) is 0 Å². The molecule has 1 aromatic heterocycles. The molecule has 16 heavy (non-hydrogen) atoms. The van der Waals surface area contributed by atoms with Gasteiger partial charge in [0.15, 0.2) is 5.78 Å². The van der Waals surface area contributed by atoms with Crippen LogP contribution in [0.15, 0.2) is 10.6 Å². The number of nitrogens with zero attached hydrogens (tertiary/aromatic N) is 2. The fourth-order valence-corrected chi connectivity index (χ4v) is 2.22. The molecule has 0 saturated carbocycles. The third kappa shape index (κ3) is 2.32. The van der Waals surface area contributed by atoms with E-state index in [4.69, 9.17) is 4.52 Å². The lowest BCUT2D eigenvalue weighted by molar-refractivity contribution is 0.100. The van der Waals surface area contributed by atoms with Gasteiger partial charge in [-0.1, -0.05) is 12.1 Å². The fraction of sp³-hybridized carbons (Fsp3) is 0.667. The topological polar surface area (TPSA) is 46.3 Å². The number of Topliss-reactive ketones (excluding diaryl/α,β-unsaturated/α-hetero) is 1. The Labute approximate surface area is 95.6 Å². The first-order valence-corrected chi connectivity index (χ1v) is 5.90. The van der Waals surface area contributed by atoms with E-state index in [-0.39, 0.29) is 5.78 Å². The molecular weight excluding hydrogens is 204 g/mol. The largest absolute Gasteiger partial charge is 0.360 e. The lowest BCUT2D eigenvalue weighted by atomic mass is 9.95. The number of carbonyl (C=O) groups is 1. The van der Waals surface area contributed by atoms with Crippen molar-refractivity contribution in [1.29, 1.82) is 0 Å². The van der Waals surface area contributed by atoms with Crippen molar-refractivity contribution in [2.45, 2.75) is 32.6 Å². The standard InChI is InChI=1S/C12H18N2O2/c1-3-14-6-4-5-10(8-14)12-7-11(9(2)15)13-16-12/h7,10H,3-6,8H2,1-2H3. The van der Waals surface area contributed by atoms with Crippen LogP contribution < -0.4 is 0 Å². The lowest BCUT2D eigenvalue weighted by Gasteiger charge is -2.30. The van der Waals surface area contributed by atoms with Gasteiger partial charge >= 0.3 is 0 Å². The van der Waals surface area contributed by atoms with Crippen molar-refractivity contribution in [1.82, 2.24) is 10.1 Å². The smallest absolute Gasteiger partial charge is 0.181 e. The summed E-state index contributed by atoms with van der Waals surface area (Å²) < 4.78 is 5.26. The van der Waals surface area contributed by atoms with Crippen LogP contribution in [0.4, 0.5) is 0 Å². The van der Waals surface area contributed by atoms with Crippen molar-refractivity contribution in [3.63, 3.8) is 0 Å². The Hall–Kier alpha value is -1.16. The summed E-state index contributed by atoms with van der Waals surface area (Å²) in [6, 6.07) is 1.80. The zero-order valence-corrected chi connectivity index (χ0v) is 9.90. The molecule has 1 atom stereocenters. The van der Waals surface area contributed by atoms with Gasteiger partial charge in [0.05, 0.1) is 0 Å². The Morgan fingerprint density at radius 2 is 2.50 bits per heavy atom. The summed E-state index contributed by atoms with van der Waals surface area (Å²) in [6.45, 7) is 6.94. The zero-order valence-electron chi connectivity index (χ0n) is 9.90. The molecule has 2 rings (SSSR count). The predicted octanol–water partition coefficient (Wildman–Crippen LogP) is 2.08. The molecule has 88 valence electrons. The molecule has 0 bridgehead atoms. The summed E-state index contributed by atoms with van der Waals surface area (Å²) in [5, 5.41) is 3.80. The second-order valence-corrected chi connectivity index (χ2v) is 4.40. The summed E-state index contributed by atoms with van der Waals surface area (Å²) in [4.78, 5) is 13.5. The van der Waals surface area contributed by atoms with Crippen LogP contribution in [-0.2, 0) is 0 Å². The highest BCUT2D eigenvalue weighted by molar-refractivity contribution is 5.91. The molecular formula is C12H18N2O2. The van der Waals surface area contributed by atoms with Gasteiger partial charge in [-0.25, -0.2) is 0 Å². The SMILES string of the molecule is CCN1CCCC(c2cc(C(C)=O)no2)C1. The van der Waals surface area contributed by atoms with Gasteiger partial charge in [-0.3, -0.25) is 4.79 Å². The third-order valence-corrected chi connectivity index (χ3v) is 3.24. The van der Waals surface area contributed by atoms with Crippen molar-refractivity contribution in [3.8, 4) is 0 Å². The number of hydrogen-bond acceptors (Lipinski definition) is 4. The summed E-state index contributed by atoms with van der Waals surface area (Å²) in [6.07, 6.45) is 2.32. The maximum Gasteiger partial charge on any atom is 0.181 e. The molecule has 2 heterocycles. The second kappa shape index (κ2) is 4.78. The quantitative estimate of drug-likeness (QED) is 0.734. The van der Waals surface area contributed by atoms with Crippen molar-refractivity contribution >= 4 is 5.78 Å². The molecule has 4 nitrogen and oxygen atoms in total. The van der Waals surface area contributed by atoms with Crippen molar-refractivity contribution in [3.05, 3.63) is 17.5 Å². The first kappa shape index (κ1) is 11.3. The monoisotopic (exact) mass is 222 g/mol. The van der Waals surface area contributed by atoms with Crippen LogP contribution in [0.3, 0.4) is 0 Å². The van der Waals surface area contributed by atoms with Crippen LogP contribution in [-0.4, -0.2) is 35.5 Å². The van der Waals surface area contributed by atoms with Gasteiger partial charge in [-0.15, -0.1) is 0 Å². The van der Waals surface area contributed by atoms with Crippen molar-refractivity contribution in [2.24, 2.45) is 0 Å². The Morgan fingerprint density at radius 3 is 3.12 bits per heavy atom. The van der Waals surface area contributed by atoms with Crippen LogP contribution in [0, 0.1) is 0 Å². The number of likely N-dealkylation sites (tertiary alicyclic amines) is 1. The molecule has 1 aliphatic rings. The molecule has 4 heteroatoms. The van der Waals surface area contributed by atoms with Crippen molar-refractivity contribution < 1.29 is 9.32 Å². The molecule has 1 saturated heterocycles. The number of piperidine rings is 1. The van der Waals surface area contributed by atoms with Gasteiger partial charge in [0.25, 0.3) is 0 Å². The van der Waals surface area contributed by atoms with E-state index in [0.717, 1.165) is 25.3 Å². The molecule has 0 aliphatic carbocycles. The highest BCUT2D eigenvalue weighted by Crippen LogP contribution is 2.27. The number of carbonyl (C=O) groups excluding carboxylic acids is 1. The third-order valence-electron chi connectivity index (χ3n) is 3.24. The van der Waals surface area contributed by atoms with Crippen LogP contribution >= 0.6 is 0 Å². The Kier molecular flexibility index (Phi) is 3.39.